The number of hydrogen-bond donors (Lipinski definition) is 2. The molecule has 0 spiro atoms. The number of rotatable bonds is 8. The first-order chi connectivity index (χ1) is 12.6. The molecule has 0 aromatic heterocycles. The summed E-state index contributed by atoms with van der Waals surface area (Å²) in [5.41, 5.74) is 7.08. The maximum atomic E-state index is 12.8. The Kier molecular flexibility index (Phi) is 9.40. The first-order valence-corrected chi connectivity index (χ1v) is 11.2. The van der Waals surface area contributed by atoms with Crippen LogP contribution in [0.15, 0.2) is 23.1 Å². The molecule has 28 heavy (non-hydrogen) atoms. The number of nitrogens with zero attached hydrogens (tertiary/aromatic N) is 1. The Morgan fingerprint density at radius 1 is 1.29 bits per heavy atom. The molecule has 2 rings (SSSR count). The highest BCUT2D eigenvalue weighted by Gasteiger charge is 2.25. The second-order valence-electron chi connectivity index (χ2n) is 8.01. The van der Waals surface area contributed by atoms with E-state index in [4.69, 9.17) is 5.73 Å². The number of carbonyl (C=O) groups is 1. The number of carbonyl (C=O) groups excluding carboxylic acids is 1. The molecule has 1 aliphatic carbocycles. The summed E-state index contributed by atoms with van der Waals surface area (Å²) >= 11 is 0. The fraction of sp³-hybridized carbons (Fsp3) is 0.650. The quantitative estimate of drug-likeness (QED) is 0.661. The molecule has 6 nitrogen and oxygen atoms in total. The van der Waals surface area contributed by atoms with Gasteiger partial charge in [-0.1, -0.05) is 32.8 Å². The molecular formula is C20H34ClN3O3S. The number of benzene rings is 1. The van der Waals surface area contributed by atoms with Crippen LogP contribution in [0.2, 0.25) is 0 Å². The van der Waals surface area contributed by atoms with Crippen molar-refractivity contribution in [1.82, 2.24) is 9.62 Å². The molecule has 0 radical (unpaired) electrons. The fourth-order valence-electron chi connectivity index (χ4n) is 3.35. The van der Waals surface area contributed by atoms with Crippen molar-refractivity contribution in [1.29, 1.82) is 0 Å². The summed E-state index contributed by atoms with van der Waals surface area (Å²) in [6.07, 6.45) is 4.55. The number of nitrogens with one attached hydrogen (secondary N) is 1. The molecule has 1 amide bonds. The number of hydrogen-bond acceptors (Lipinski definition) is 4. The number of amides is 1. The van der Waals surface area contributed by atoms with Crippen molar-refractivity contribution in [3.8, 4) is 0 Å². The lowest BCUT2D eigenvalue weighted by atomic mass is 10.0. The molecular weight excluding hydrogens is 398 g/mol. The van der Waals surface area contributed by atoms with E-state index in [1.165, 1.54) is 6.07 Å². The first-order valence-electron chi connectivity index (χ1n) is 9.76. The summed E-state index contributed by atoms with van der Waals surface area (Å²) in [5.74, 6) is 0.162. The average molecular weight is 432 g/mol. The highest BCUT2D eigenvalue weighted by molar-refractivity contribution is 7.89. The van der Waals surface area contributed by atoms with Gasteiger partial charge in [0, 0.05) is 31.2 Å². The van der Waals surface area contributed by atoms with Crippen molar-refractivity contribution in [2.24, 2.45) is 11.7 Å². The van der Waals surface area contributed by atoms with Gasteiger partial charge in [0.1, 0.15) is 0 Å². The molecule has 8 heteroatoms. The van der Waals surface area contributed by atoms with Crippen LogP contribution in [0, 0.1) is 12.8 Å². The Balaban J connectivity index is 0.00000392. The molecule has 3 N–H and O–H groups in total. The zero-order valence-electron chi connectivity index (χ0n) is 17.3. The second-order valence-corrected chi connectivity index (χ2v) is 9.69. The summed E-state index contributed by atoms with van der Waals surface area (Å²) < 4.78 is 28.4. The minimum atomic E-state index is -3.63. The topological polar surface area (TPSA) is 92.5 Å². The van der Waals surface area contributed by atoms with Gasteiger partial charge in [0.15, 0.2) is 0 Å². The predicted octanol–water partition coefficient (Wildman–Crippen LogP) is 3.08. The normalized spacial score (nSPS) is 16.1. The van der Waals surface area contributed by atoms with Gasteiger partial charge in [0.05, 0.1) is 4.90 Å². The van der Waals surface area contributed by atoms with E-state index in [0.717, 1.165) is 25.7 Å². The van der Waals surface area contributed by atoms with Crippen LogP contribution in [0.4, 0.5) is 0 Å². The van der Waals surface area contributed by atoms with Crippen LogP contribution in [0.25, 0.3) is 0 Å². The molecule has 1 unspecified atom stereocenters. The van der Waals surface area contributed by atoms with E-state index < -0.39 is 10.0 Å². The van der Waals surface area contributed by atoms with Crippen LogP contribution in [0.1, 0.15) is 61.9 Å². The van der Waals surface area contributed by atoms with Crippen molar-refractivity contribution in [3.63, 3.8) is 0 Å². The average Bonchev–Trinajstić information content (AvgIpc) is 3.11. The summed E-state index contributed by atoms with van der Waals surface area (Å²) in [7, 11) is -1.91. The summed E-state index contributed by atoms with van der Waals surface area (Å²) in [4.78, 5) is 14.5. The van der Waals surface area contributed by atoms with Gasteiger partial charge in [-0.05, 0) is 49.8 Å². The molecule has 160 valence electrons. The van der Waals surface area contributed by atoms with E-state index in [1.807, 2.05) is 0 Å². The van der Waals surface area contributed by atoms with E-state index in [0.29, 0.717) is 30.0 Å². The van der Waals surface area contributed by atoms with E-state index in [1.54, 1.807) is 31.0 Å². The fourth-order valence-corrected chi connectivity index (χ4v) is 4.92. The monoisotopic (exact) mass is 431 g/mol. The maximum Gasteiger partial charge on any atom is 0.253 e. The van der Waals surface area contributed by atoms with Crippen molar-refractivity contribution in [2.75, 3.05) is 13.6 Å². The SMILES string of the molecule is Cc1ccc(C(=O)N(C)CCC(N)C(C)C)cc1S(=O)(=O)NC1CCCC1.Cl. The predicted molar refractivity (Wildman–Crippen MR) is 115 cm³/mol. The molecule has 0 heterocycles. The van der Waals surface area contributed by atoms with Gasteiger partial charge in [0.2, 0.25) is 10.0 Å². The van der Waals surface area contributed by atoms with E-state index in [2.05, 4.69) is 18.6 Å². The van der Waals surface area contributed by atoms with Crippen molar-refractivity contribution < 1.29 is 13.2 Å². The molecule has 1 atom stereocenters. The first kappa shape index (κ1) is 24.9. The second kappa shape index (κ2) is 10.6. The van der Waals surface area contributed by atoms with Gasteiger partial charge in [-0.15, -0.1) is 12.4 Å². The Hall–Kier alpha value is -1.15. The summed E-state index contributed by atoms with van der Waals surface area (Å²) in [5, 5.41) is 0. The molecule has 1 aromatic carbocycles. The molecule has 1 aromatic rings. The lowest BCUT2D eigenvalue weighted by Crippen LogP contribution is -2.35. The lowest BCUT2D eigenvalue weighted by Gasteiger charge is -2.22. The Morgan fingerprint density at radius 2 is 1.89 bits per heavy atom. The Bertz CT molecular complexity index is 762. The maximum absolute atomic E-state index is 12.8. The largest absolute Gasteiger partial charge is 0.342 e. The van der Waals surface area contributed by atoms with Gasteiger partial charge >= 0.3 is 0 Å². The van der Waals surface area contributed by atoms with Crippen LogP contribution in [0.3, 0.4) is 0 Å². The van der Waals surface area contributed by atoms with E-state index in [-0.39, 0.29) is 35.3 Å². The number of nitrogens with two attached hydrogens (primary N) is 1. The molecule has 0 bridgehead atoms. The van der Waals surface area contributed by atoms with Crippen LogP contribution in [-0.4, -0.2) is 44.9 Å². The number of halogens is 1. The van der Waals surface area contributed by atoms with Gasteiger partial charge in [0.25, 0.3) is 5.91 Å². The third kappa shape index (κ3) is 6.44. The van der Waals surface area contributed by atoms with Gasteiger partial charge in [-0.3, -0.25) is 4.79 Å². The standard InChI is InChI=1S/C20H33N3O3S.ClH/c1-14(2)18(21)11-12-23(4)20(24)16-10-9-15(3)19(13-16)27(25,26)22-17-7-5-6-8-17;/h9-10,13-14,17-18,22H,5-8,11-12,21H2,1-4H3;1H. The minimum Gasteiger partial charge on any atom is -0.342 e. The molecule has 1 saturated carbocycles. The molecule has 0 saturated heterocycles. The van der Waals surface area contributed by atoms with Gasteiger partial charge in [-0.25, -0.2) is 13.1 Å². The van der Waals surface area contributed by atoms with Crippen LogP contribution >= 0.6 is 12.4 Å². The number of aryl methyl sites for hydroxylation is 1. The van der Waals surface area contributed by atoms with Crippen molar-refractivity contribution in [3.05, 3.63) is 29.3 Å². The molecule has 1 aliphatic rings. The van der Waals surface area contributed by atoms with Crippen LogP contribution in [-0.2, 0) is 10.0 Å². The van der Waals surface area contributed by atoms with E-state index >= 15 is 0 Å². The zero-order chi connectivity index (χ0) is 20.2. The van der Waals surface area contributed by atoms with Crippen molar-refractivity contribution in [2.45, 2.75) is 69.9 Å². The third-order valence-electron chi connectivity index (χ3n) is 5.40. The van der Waals surface area contributed by atoms with Crippen LogP contribution in [0.5, 0.6) is 0 Å². The highest BCUT2D eigenvalue weighted by Crippen LogP contribution is 2.23. The minimum absolute atomic E-state index is 0. The summed E-state index contributed by atoms with van der Waals surface area (Å²) in [6.45, 7) is 6.40. The van der Waals surface area contributed by atoms with Crippen molar-refractivity contribution >= 4 is 28.3 Å². The molecule has 0 aliphatic heterocycles. The zero-order valence-corrected chi connectivity index (χ0v) is 18.9. The Morgan fingerprint density at radius 3 is 2.46 bits per heavy atom. The van der Waals surface area contributed by atoms with E-state index in [9.17, 15) is 13.2 Å². The van der Waals surface area contributed by atoms with Crippen LogP contribution < -0.4 is 10.5 Å². The molecule has 1 fully saturated rings. The number of sulfonamides is 1. The summed E-state index contributed by atoms with van der Waals surface area (Å²) in [6, 6.07) is 4.90. The third-order valence-corrected chi connectivity index (χ3v) is 7.06. The highest BCUT2D eigenvalue weighted by atomic mass is 35.5. The smallest absolute Gasteiger partial charge is 0.253 e. The van der Waals surface area contributed by atoms with Gasteiger partial charge < -0.3 is 10.6 Å². The Labute approximate surface area is 175 Å². The lowest BCUT2D eigenvalue weighted by molar-refractivity contribution is 0.0789. The van der Waals surface area contributed by atoms with Gasteiger partial charge in [-0.2, -0.15) is 0 Å².